The standard InChI is InChI=1S/C14H21BrN2O2S2/c1-16-9-10-6-7-11(15)14(8-10)21(18,19)17-12-4-3-5-13(12)20-2/h6-8,12-13,16-17H,3-5,9H2,1-2H3. The second-order valence-corrected chi connectivity index (χ2v) is 8.84. The van der Waals surface area contributed by atoms with Gasteiger partial charge in [-0.25, -0.2) is 13.1 Å². The van der Waals surface area contributed by atoms with Gasteiger partial charge in [0.1, 0.15) is 0 Å². The Labute approximate surface area is 139 Å². The van der Waals surface area contributed by atoms with E-state index in [1.807, 2.05) is 19.4 Å². The van der Waals surface area contributed by atoms with Crippen LogP contribution in [0.3, 0.4) is 0 Å². The lowest BCUT2D eigenvalue weighted by Gasteiger charge is -2.20. The van der Waals surface area contributed by atoms with Gasteiger partial charge >= 0.3 is 0 Å². The Kier molecular flexibility index (Phi) is 6.14. The van der Waals surface area contributed by atoms with Crippen LogP contribution < -0.4 is 10.0 Å². The molecule has 2 unspecified atom stereocenters. The van der Waals surface area contributed by atoms with Gasteiger partial charge < -0.3 is 5.32 Å². The van der Waals surface area contributed by atoms with Gasteiger partial charge in [0, 0.05) is 22.3 Å². The molecule has 4 nitrogen and oxygen atoms in total. The predicted octanol–water partition coefficient (Wildman–Crippen LogP) is 2.73. The van der Waals surface area contributed by atoms with E-state index < -0.39 is 10.0 Å². The van der Waals surface area contributed by atoms with E-state index in [2.05, 4.69) is 26.0 Å². The van der Waals surface area contributed by atoms with Crippen LogP contribution in [0.5, 0.6) is 0 Å². The van der Waals surface area contributed by atoms with Crippen molar-refractivity contribution in [2.24, 2.45) is 0 Å². The van der Waals surface area contributed by atoms with Crippen molar-refractivity contribution < 1.29 is 8.42 Å². The third-order valence-electron chi connectivity index (χ3n) is 3.73. The van der Waals surface area contributed by atoms with Crippen molar-refractivity contribution in [1.82, 2.24) is 10.0 Å². The van der Waals surface area contributed by atoms with Crippen molar-refractivity contribution in [3.8, 4) is 0 Å². The molecule has 0 radical (unpaired) electrons. The number of rotatable bonds is 6. The lowest BCUT2D eigenvalue weighted by molar-refractivity contribution is 0.554. The van der Waals surface area contributed by atoms with Gasteiger partial charge in [-0.3, -0.25) is 0 Å². The van der Waals surface area contributed by atoms with Crippen LogP contribution in [-0.2, 0) is 16.6 Å². The van der Waals surface area contributed by atoms with E-state index in [0.29, 0.717) is 21.2 Å². The number of hydrogen-bond acceptors (Lipinski definition) is 4. The summed E-state index contributed by atoms with van der Waals surface area (Å²) in [7, 11) is -1.65. The van der Waals surface area contributed by atoms with Crippen LogP contribution in [0.4, 0.5) is 0 Å². The highest BCUT2D eigenvalue weighted by Gasteiger charge is 2.31. The maximum atomic E-state index is 12.7. The first kappa shape index (κ1) is 17.3. The Balaban J connectivity index is 2.24. The van der Waals surface area contributed by atoms with Crippen LogP contribution in [-0.4, -0.2) is 33.0 Å². The average Bonchev–Trinajstić information content (AvgIpc) is 2.87. The summed E-state index contributed by atoms with van der Waals surface area (Å²) in [5.74, 6) is 0. The molecular weight excluding hydrogens is 372 g/mol. The molecule has 0 aliphatic heterocycles. The summed E-state index contributed by atoms with van der Waals surface area (Å²) in [6, 6.07) is 5.47. The van der Waals surface area contributed by atoms with Gasteiger partial charge in [0.25, 0.3) is 0 Å². The normalized spacial score (nSPS) is 22.6. The molecule has 1 aliphatic rings. The van der Waals surface area contributed by atoms with E-state index in [1.165, 1.54) is 0 Å². The second kappa shape index (κ2) is 7.46. The van der Waals surface area contributed by atoms with E-state index >= 15 is 0 Å². The molecule has 1 aromatic rings. The van der Waals surface area contributed by atoms with Crippen molar-refractivity contribution in [3.63, 3.8) is 0 Å². The Morgan fingerprint density at radius 3 is 2.81 bits per heavy atom. The molecule has 1 fully saturated rings. The van der Waals surface area contributed by atoms with Gasteiger partial charge in [-0.1, -0.05) is 12.5 Å². The number of hydrogen-bond donors (Lipinski definition) is 2. The fourth-order valence-corrected chi connectivity index (χ4v) is 6.02. The first-order valence-electron chi connectivity index (χ1n) is 6.96. The summed E-state index contributed by atoms with van der Waals surface area (Å²) in [4.78, 5) is 0.321. The average molecular weight is 393 g/mol. The fraction of sp³-hybridized carbons (Fsp3) is 0.571. The number of halogens is 1. The molecule has 2 N–H and O–H groups in total. The van der Waals surface area contributed by atoms with Crippen LogP contribution in [0, 0.1) is 0 Å². The first-order chi connectivity index (χ1) is 9.97. The van der Waals surface area contributed by atoms with Crippen molar-refractivity contribution in [2.45, 2.75) is 42.0 Å². The smallest absolute Gasteiger partial charge is 0.241 e. The molecule has 2 atom stereocenters. The minimum atomic E-state index is -3.50. The lowest BCUT2D eigenvalue weighted by atomic mass is 10.2. The summed E-state index contributed by atoms with van der Waals surface area (Å²) >= 11 is 5.10. The Morgan fingerprint density at radius 2 is 2.14 bits per heavy atom. The molecule has 118 valence electrons. The minimum absolute atomic E-state index is 0.0323. The Bertz CT molecular complexity index is 593. The van der Waals surface area contributed by atoms with E-state index in [1.54, 1.807) is 23.9 Å². The highest BCUT2D eigenvalue weighted by molar-refractivity contribution is 9.10. The second-order valence-electron chi connectivity index (χ2n) is 5.23. The van der Waals surface area contributed by atoms with Crippen LogP contribution in [0.25, 0.3) is 0 Å². The van der Waals surface area contributed by atoms with Gasteiger partial charge in [0.2, 0.25) is 10.0 Å². The third-order valence-corrected chi connectivity index (χ3v) is 7.38. The van der Waals surface area contributed by atoms with Gasteiger partial charge in [-0.05, 0) is 59.8 Å². The van der Waals surface area contributed by atoms with Gasteiger partial charge in [-0.15, -0.1) is 0 Å². The summed E-state index contributed by atoms with van der Waals surface area (Å²) in [6.07, 6.45) is 5.12. The highest BCUT2D eigenvalue weighted by atomic mass is 79.9. The zero-order chi connectivity index (χ0) is 15.5. The molecule has 7 heteroatoms. The third kappa shape index (κ3) is 4.22. The van der Waals surface area contributed by atoms with E-state index in [-0.39, 0.29) is 6.04 Å². The topological polar surface area (TPSA) is 58.2 Å². The molecule has 1 saturated carbocycles. The van der Waals surface area contributed by atoms with Crippen molar-refractivity contribution in [1.29, 1.82) is 0 Å². The van der Waals surface area contributed by atoms with E-state index in [4.69, 9.17) is 0 Å². The van der Waals surface area contributed by atoms with Crippen LogP contribution in [0.15, 0.2) is 27.6 Å². The quantitative estimate of drug-likeness (QED) is 0.781. The molecule has 1 aliphatic carbocycles. The maximum Gasteiger partial charge on any atom is 0.241 e. The Hall–Kier alpha value is -0.0800. The van der Waals surface area contributed by atoms with Gasteiger partial charge in [0.15, 0.2) is 0 Å². The zero-order valence-corrected chi connectivity index (χ0v) is 15.4. The van der Waals surface area contributed by atoms with Crippen molar-refractivity contribution >= 4 is 37.7 Å². The number of thioether (sulfide) groups is 1. The molecule has 0 spiro atoms. The molecule has 1 aromatic carbocycles. The summed E-state index contributed by atoms with van der Waals surface area (Å²) in [6.45, 7) is 0.646. The number of nitrogens with one attached hydrogen (secondary N) is 2. The SMILES string of the molecule is CNCc1ccc(Br)c(S(=O)(=O)NC2CCCC2SC)c1. The van der Waals surface area contributed by atoms with Crippen molar-refractivity contribution in [3.05, 3.63) is 28.2 Å². The maximum absolute atomic E-state index is 12.7. The first-order valence-corrected chi connectivity index (χ1v) is 10.5. The molecule has 21 heavy (non-hydrogen) atoms. The molecule has 0 bridgehead atoms. The zero-order valence-electron chi connectivity index (χ0n) is 12.2. The van der Waals surface area contributed by atoms with Gasteiger partial charge in [-0.2, -0.15) is 11.8 Å². The van der Waals surface area contributed by atoms with Crippen LogP contribution in [0.1, 0.15) is 24.8 Å². The molecule has 0 saturated heterocycles. The van der Waals surface area contributed by atoms with E-state index in [9.17, 15) is 8.42 Å². The lowest BCUT2D eigenvalue weighted by Crippen LogP contribution is -2.38. The largest absolute Gasteiger partial charge is 0.316 e. The molecule has 2 rings (SSSR count). The Morgan fingerprint density at radius 1 is 1.38 bits per heavy atom. The molecular formula is C14H21BrN2O2S2. The fourth-order valence-electron chi connectivity index (χ4n) is 2.67. The number of benzene rings is 1. The van der Waals surface area contributed by atoms with Crippen LogP contribution in [0.2, 0.25) is 0 Å². The van der Waals surface area contributed by atoms with Crippen molar-refractivity contribution in [2.75, 3.05) is 13.3 Å². The molecule has 0 amide bonds. The molecule has 0 aromatic heterocycles. The highest BCUT2D eigenvalue weighted by Crippen LogP contribution is 2.30. The summed E-state index contributed by atoms with van der Waals surface area (Å²) < 4.78 is 28.8. The van der Waals surface area contributed by atoms with Crippen LogP contribution >= 0.6 is 27.7 Å². The van der Waals surface area contributed by atoms with E-state index in [0.717, 1.165) is 24.8 Å². The number of sulfonamides is 1. The predicted molar refractivity (Wildman–Crippen MR) is 92.2 cm³/mol. The summed E-state index contributed by atoms with van der Waals surface area (Å²) in [5.41, 5.74) is 0.953. The monoisotopic (exact) mass is 392 g/mol. The summed E-state index contributed by atoms with van der Waals surface area (Å²) in [5, 5.41) is 3.41. The van der Waals surface area contributed by atoms with Gasteiger partial charge in [0.05, 0.1) is 4.90 Å². The minimum Gasteiger partial charge on any atom is -0.316 e. The molecule has 0 heterocycles.